The van der Waals surface area contributed by atoms with Gasteiger partial charge in [0.05, 0.1) is 18.8 Å². The number of carbonyl (C=O) groups is 1. The highest BCUT2D eigenvalue weighted by molar-refractivity contribution is 5.98. The van der Waals surface area contributed by atoms with E-state index in [1.165, 1.54) is 0 Å². The van der Waals surface area contributed by atoms with Crippen LogP contribution in [-0.2, 0) is 4.74 Å². The second-order valence-electron chi connectivity index (χ2n) is 6.32. The summed E-state index contributed by atoms with van der Waals surface area (Å²) >= 11 is 0. The number of para-hydroxylation sites is 1. The molecule has 0 aromatic heterocycles. The maximum absolute atomic E-state index is 12.1. The molecule has 118 valence electrons. The lowest BCUT2D eigenvalue weighted by Gasteiger charge is -2.32. The lowest BCUT2D eigenvalue weighted by molar-refractivity contribution is -0.0208. The van der Waals surface area contributed by atoms with E-state index < -0.39 is 0 Å². The Balaban J connectivity index is 3.34. The fourth-order valence-electron chi connectivity index (χ4n) is 2.44. The summed E-state index contributed by atoms with van der Waals surface area (Å²) in [4.78, 5) is 12.1. The topological polar surface area (TPSA) is 35.5 Å². The van der Waals surface area contributed by atoms with Crippen molar-refractivity contribution in [3.8, 4) is 5.75 Å². The third-order valence-corrected chi connectivity index (χ3v) is 3.43. The molecule has 0 bridgehead atoms. The number of carbonyl (C=O) groups excluding carboxylic acids is 1. The smallest absolute Gasteiger partial charge is 0.166 e. The molecule has 0 heterocycles. The van der Waals surface area contributed by atoms with Gasteiger partial charge in [0.15, 0.2) is 5.78 Å². The highest BCUT2D eigenvalue weighted by Crippen LogP contribution is 2.41. The van der Waals surface area contributed by atoms with Crippen molar-refractivity contribution in [1.29, 1.82) is 0 Å². The molecule has 0 N–H and O–H groups in total. The SMILES string of the molecule is CCCO[C@H](c1cccc(C(=O)CC)c1OC)C(C)(C)C. The van der Waals surface area contributed by atoms with Crippen LogP contribution in [0.2, 0.25) is 0 Å². The zero-order chi connectivity index (χ0) is 16.0. The molecule has 1 atom stereocenters. The number of Topliss-reactive ketones (excluding diaryl/α,β-unsaturated/α-hetero) is 1. The van der Waals surface area contributed by atoms with Gasteiger partial charge in [0.1, 0.15) is 5.75 Å². The number of rotatable bonds is 7. The Hall–Kier alpha value is -1.35. The van der Waals surface area contributed by atoms with Crippen LogP contribution in [0.15, 0.2) is 18.2 Å². The van der Waals surface area contributed by atoms with Gasteiger partial charge in [0.25, 0.3) is 0 Å². The predicted octanol–water partition coefficient (Wildman–Crippen LogP) is 4.80. The standard InChI is InChI=1S/C18H28O3/c1-7-12-21-17(18(3,4)5)14-11-9-10-13(15(19)8-2)16(14)20-6/h9-11,17H,7-8,12H2,1-6H3/t17-/m1/s1. The molecule has 0 unspecified atom stereocenters. The highest BCUT2D eigenvalue weighted by atomic mass is 16.5. The normalized spacial score (nSPS) is 13.0. The molecule has 0 fully saturated rings. The molecule has 0 saturated carbocycles. The summed E-state index contributed by atoms with van der Waals surface area (Å²) in [6, 6.07) is 5.74. The van der Waals surface area contributed by atoms with Gasteiger partial charge < -0.3 is 9.47 Å². The van der Waals surface area contributed by atoms with Crippen LogP contribution < -0.4 is 4.74 Å². The first-order valence-corrected chi connectivity index (χ1v) is 7.68. The summed E-state index contributed by atoms with van der Waals surface area (Å²) < 4.78 is 11.6. The van der Waals surface area contributed by atoms with Gasteiger partial charge in [-0.1, -0.05) is 46.8 Å². The first-order chi connectivity index (χ1) is 9.86. The molecular weight excluding hydrogens is 264 g/mol. The Morgan fingerprint density at radius 2 is 1.90 bits per heavy atom. The number of ether oxygens (including phenoxy) is 2. The van der Waals surface area contributed by atoms with Gasteiger partial charge in [-0.05, 0) is 17.9 Å². The van der Waals surface area contributed by atoms with E-state index in [-0.39, 0.29) is 17.3 Å². The van der Waals surface area contributed by atoms with Crippen LogP contribution in [0.4, 0.5) is 0 Å². The van der Waals surface area contributed by atoms with Crippen LogP contribution >= 0.6 is 0 Å². The molecule has 21 heavy (non-hydrogen) atoms. The fraction of sp³-hybridized carbons (Fsp3) is 0.611. The summed E-state index contributed by atoms with van der Waals surface area (Å²) in [6.07, 6.45) is 1.33. The van der Waals surface area contributed by atoms with Crippen molar-refractivity contribution in [1.82, 2.24) is 0 Å². The summed E-state index contributed by atoms with van der Waals surface area (Å²) in [7, 11) is 1.62. The monoisotopic (exact) mass is 292 g/mol. The Morgan fingerprint density at radius 3 is 2.38 bits per heavy atom. The minimum absolute atomic E-state index is 0.0731. The number of methoxy groups -OCH3 is 1. The first kappa shape index (κ1) is 17.7. The highest BCUT2D eigenvalue weighted by Gasteiger charge is 2.31. The minimum Gasteiger partial charge on any atom is -0.496 e. The van der Waals surface area contributed by atoms with Crippen LogP contribution in [0.5, 0.6) is 5.75 Å². The maximum atomic E-state index is 12.1. The molecule has 3 heteroatoms. The molecule has 0 aliphatic carbocycles. The van der Waals surface area contributed by atoms with Crippen molar-refractivity contribution in [2.45, 2.75) is 53.6 Å². The van der Waals surface area contributed by atoms with Crippen LogP contribution in [0, 0.1) is 5.41 Å². The lowest BCUT2D eigenvalue weighted by atomic mass is 9.83. The second-order valence-corrected chi connectivity index (χ2v) is 6.32. The third-order valence-electron chi connectivity index (χ3n) is 3.43. The molecule has 0 spiro atoms. The zero-order valence-electron chi connectivity index (χ0n) is 14.2. The summed E-state index contributed by atoms with van der Waals surface area (Å²) in [6.45, 7) is 11.1. The van der Waals surface area contributed by atoms with Crippen molar-refractivity contribution in [3.63, 3.8) is 0 Å². The van der Waals surface area contributed by atoms with E-state index in [0.717, 1.165) is 12.0 Å². The number of hydrogen-bond acceptors (Lipinski definition) is 3. The molecule has 0 radical (unpaired) electrons. The molecule has 0 aliphatic rings. The van der Waals surface area contributed by atoms with Gasteiger partial charge in [-0.15, -0.1) is 0 Å². The van der Waals surface area contributed by atoms with Gasteiger partial charge in [-0.3, -0.25) is 4.79 Å². The van der Waals surface area contributed by atoms with Crippen molar-refractivity contribution < 1.29 is 14.3 Å². The Bertz CT molecular complexity index is 472. The first-order valence-electron chi connectivity index (χ1n) is 7.68. The van der Waals surface area contributed by atoms with Crippen molar-refractivity contribution in [3.05, 3.63) is 29.3 Å². The Kier molecular flexibility index (Phi) is 6.41. The molecule has 1 rings (SSSR count). The van der Waals surface area contributed by atoms with Gasteiger partial charge >= 0.3 is 0 Å². The Morgan fingerprint density at radius 1 is 1.24 bits per heavy atom. The van der Waals surface area contributed by atoms with Gasteiger partial charge in [-0.25, -0.2) is 0 Å². The van der Waals surface area contributed by atoms with E-state index in [1.54, 1.807) is 7.11 Å². The van der Waals surface area contributed by atoms with E-state index in [0.29, 0.717) is 24.3 Å². The van der Waals surface area contributed by atoms with Crippen LogP contribution in [0.25, 0.3) is 0 Å². The molecule has 0 aliphatic heterocycles. The lowest BCUT2D eigenvalue weighted by Crippen LogP contribution is -2.23. The minimum atomic E-state index is -0.1000. The summed E-state index contributed by atoms with van der Waals surface area (Å²) in [5.41, 5.74) is 1.53. The van der Waals surface area contributed by atoms with Crippen LogP contribution in [-0.4, -0.2) is 19.5 Å². The molecule has 3 nitrogen and oxygen atoms in total. The number of benzene rings is 1. The van der Waals surface area contributed by atoms with E-state index >= 15 is 0 Å². The summed E-state index contributed by atoms with van der Waals surface area (Å²) in [5.74, 6) is 0.747. The Labute approximate surface area is 128 Å². The number of hydrogen-bond donors (Lipinski definition) is 0. The van der Waals surface area contributed by atoms with Crippen molar-refractivity contribution >= 4 is 5.78 Å². The predicted molar refractivity (Wildman–Crippen MR) is 86.1 cm³/mol. The largest absolute Gasteiger partial charge is 0.496 e. The van der Waals surface area contributed by atoms with Crippen molar-refractivity contribution in [2.75, 3.05) is 13.7 Å². The molecule has 1 aromatic carbocycles. The van der Waals surface area contributed by atoms with Crippen molar-refractivity contribution in [2.24, 2.45) is 5.41 Å². The average Bonchev–Trinajstić information content (AvgIpc) is 2.45. The average molecular weight is 292 g/mol. The molecule has 0 saturated heterocycles. The van der Waals surface area contributed by atoms with E-state index in [4.69, 9.17) is 9.47 Å². The molecule has 0 amide bonds. The third kappa shape index (κ3) is 4.31. The molecule has 1 aromatic rings. The van der Waals surface area contributed by atoms with Gasteiger partial charge in [0, 0.05) is 18.6 Å². The van der Waals surface area contributed by atoms with Gasteiger partial charge in [0.2, 0.25) is 0 Å². The van der Waals surface area contributed by atoms with Gasteiger partial charge in [-0.2, -0.15) is 0 Å². The van der Waals surface area contributed by atoms with E-state index in [1.807, 2.05) is 25.1 Å². The quantitative estimate of drug-likeness (QED) is 0.677. The van der Waals surface area contributed by atoms with E-state index in [2.05, 4.69) is 27.7 Å². The zero-order valence-corrected chi connectivity index (χ0v) is 14.2. The second kappa shape index (κ2) is 7.60. The maximum Gasteiger partial charge on any atom is 0.166 e. The fourth-order valence-corrected chi connectivity index (χ4v) is 2.44. The number of ketones is 1. The summed E-state index contributed by atoms with van der Waals surface area (Å²) in [5, 5.41) is 0. The van der Waals surface area contributed by atoms with Crippen LogP contribution in [0.1, 0.15) is 69.5 Å². The molecular formula is C18H28O3. The van der Waals surface area contributed by atoms with E-state index in [9.17, 15) is 4.79 Å². The van der Waals surface area contributed by atoms with Crippen LogP contribution in [0.3, 0.4) is 0 Å².